The zero-order chi connectivity index (χ0) is 18.5. The molecule has 3 aliphatic rings. The SMILES string of the molecule is Cc1nnc([C@@]2(C)CC[C@H]3[C@@H](CCC4=CC(=O)CC[C@@]43C)[C@@H]2CC#N)o1. The Labute approximate surface area is 154 Å². The molecule has 2 saturated carbocycles. The summed E-state index contributed by atoms with van der Waals surface area (Å²) in [5.74, 6) is 2.79. The van der Waals surface area contributed by atoms with Crippen molar-refractivity contribution in [1.29, 1.82) is 5.26 Å². The van der Waals surface area contributed by atoms with Gasteiger partial charge in [-0.3, -0.25) is 4.79 Å². The summed E-state index contributed by atoms with van der Waals surface area (Å²) < 4.78 is 5.84. The van der Waals surface area contributed by atoms with Crippen LogP contribution in [0.5, 0.6) is 0 Å². The predicted molar refractivity (Wildman–Crippen MR) is 96.0 cm³/mol. The second-order valence-electron chi connectivity index (χ2n) is 8.91. The van der Waals surface area contributed by atoms with Crippen LogP contribution in [0.1, 0.15) is 70.6 Å². The highest BCUT2D eigenvalue weighted by Crippen LogP contribution is 2.62. The van der Waals surface area contributed by atoms with Crippen LogP contribution in [-0.2, 0) is 10.2 Å². The fourth-order valence-corrected chi connectivity index (χ4v) is 6.15. The summed E-state index contributed by atoms with van der Waals surface area (Å²) in [4.78, 5) is 11.9. The van der Waals surface area contributed by atoms with E-state index in [9.17, 15) is 10.1 Å². The normalized spacial score (nSPS) is 39.5. The van der Waals surface area contributed by atoms with Crippen LogP contribution in [0.15, 0.2) is 16.1 Å². The van der Waals surface area contributed by atoms with Crippen LogP contribution in [0, 0.1) is 41.4 Å². The molecule has 0 aliphatic heterocycles. The molecule has 4 rings (SSSR count). The van der Waals surface area contributed by atoms with E-state index in [1.54, 1.807) is 0 Å². The third-order valence-electron chi connectivity index (χ3n) is 7.68. The Bertz CT molecular complexity index is 804. The lowest BCUT2D eigenvalue weighted by Crippen LogP contribution is -2.52. The van der Waals surface area contributed by atoms with Gasteiger partial charge in [0.25, 0.3) is 0 Å². The van der Waals surface area contributed by atoms with Crippen molar-refractivity contribution >= 4 is 5.78 Å². The highest BCUT2D eigenvalue weighted by molar-refractivity contribution is 5.91. The van der Waals surface area contributed by atoms with Crippen molar-refractivity contribution in [1.82, 2.24) is 10.2 Å². The number of aryl methyl sites for hydroxylation is 1. The molecule has 0 unspecified atom stereocenters. The van der Waals surface area contributed by atoms with Gasteiger partial charge in [-0.25, -0.2) is 0 Å². The molecule has 0 saturated heterocycles. The molecule has 2 fully saturated rings. The van der Waals surface area contributed by atoms with Gasteiger partial charge in [-0.15, -0.1) is 10.2 Å². The molecule has 26 heavy (non-hydrogen) atoms. The molecular weight excluding hydrogens is 326 g/mol. The maximum Gasteiger partial charge on any atom is 0.222 e. The molecule has 0 spiro atoms. The molecule has 1 aromatic heterocycles. The van der Waals surface area contributed by atoms with Gasteiger partial charge >= 0.3 is 0 Å². The van der Waals surface area contributed by atoms with E-state index < -0.39 is 0 Å². The summed E-state index contributed by atoms with van der Waals surface area (Å²) in [6.07, 6.45) is 8.13. The Morgan fingerprint density at radius 1 is 1.23 bits per heavy atom. The standard InChI is InChI=1S/C21H27N3O2/c1-13-23-24-19(26-13)21(3)10-7-17-16(18(21)8-11-22)5-4-14-12-15(25)6-9-20(14,17)2/h12,16-18H,4-10H2,1-3H3/t16-,17+,18+,20+,21+/m1/s1. The lowest BCUT2D eigenvalue weighted by molar-refractivity contribution is -0.117. The second-order valence-corrected chi connectivity index (χ2v) is 8.91. The minimum atomic E-state index is -0.236. The van der Waals surface area contributed by atoms with Gasteiger partial charge in [0, 0.05) is 25.2 Å². The van der Waals surface area contributed by atoms with Crippen LogP contribution >= 0.6 is 0 Å². The van der Waals surface area contributed by atoms with Gasteiger partial charge < -0.3 is 4.42 Å². The van der Waals surface area contributed by atoms with E-state index in [1.165, 1.54) is 5.57 Å². The smallest absolute Gasteiger partial charge is 0.222 e. The van der Waals surface area contributed by atoms with Gasteiger partial charge in [0.1, 0.15) is 0 Å². The van der Waals surface area contributed by atoms with E-state index in [0.717, 1.165) is 32.1 Å². The molecule has 3 aliphatic carbocycles. The number of ketones is 1. The maximum atomic E-state index is 11.9. The molecule has 0 radical (unpaired) electrons. The first kappa shape index (κ1) is 17.5. The topological polar surface area (TPSA) is 79.8 Å². The average Bonchev–Trinajstić information content (AvgIpc) is 3.05. The highest BCUT2D eigenvalue weighted by atomic mass is 16.4. The Kier molecular flexibility index (Phi) is 4.06. The second kappa shape index (κ2) is 6.04. The summed E-state index contributed by atoms with van der Waals surface area (Å²) in [6, 6.07) is 2.44. The van der Waals surface area contributed by atoms with Crippen LogP contribution < -0.4 is 0 Å². The number of nitriles is 1. The Balaban J connectivity index is 1.72. The van der Waals surface area contributed by atoms with E-state index in [-0.39, 0.29) is 22.5 Å². The number of carbonyl (C=O) groups is 1. The Morgan fingerprint density at radius 3 is 2.73 bits per heavy atom. The molecule has 0 amide bonds. The van der Waals surface area contributed by atoms with Crippen LogP contribution in [0.25, 0.3) is 0 Å². The minimum absolute atomic E-state index is 0.108. The average molecular weight is 353 g/mol. The molecule has 5 nitrogen and oxygen atoms in total. The molecular formula is C21H27N3O2. The Hall–Kier alpha value is -1.96. The van der Waals surface area contributed by atoms with Crippen molar-refractivity contribution in [3.8, 4) is 6.07 Å². The maximum absolute atomic E-state index is 11.9. The van der Waals surface area contributed by atoms with E-state index in [1.807, 2.05) is 13.0 Å². The molecule has 0 N–H and O–H groups in total. The zero-order valence-corrected chi connectivity index (χ0v) is 15.9. The number of rotatable bonds is 2. The van der Waals surface area contributed by atoms with E-state index >= 15 is 0 Å². The molecule has 0 bridgehead atoms. The molecule has 138 valence electrons. The quantitative estimate of drug-likeness (QED) is 0.793. The number of aromatic nitrogens is 2. The van der Waals surface area contributed by atoms with Gasteiger partial charge in [0.15, 0.2) is 5.78 Å². The first-order valence-electron chi connectivity index (χ1n) is 9.80. The number of hydrogen-bond donors (Lipinski definition) is 0. The zero-order valence-electron chi connectivity index (χ0n) is 15.9. The summed E-state index contributed by atoms with van der Waals surface area (Å²) in [6.45, 7) is 6.38. The number of carbonyl (C=O) groups excluding carboxylic acids is 1. The Morgan fingerprint density at radius 2 is 2.04 bits per heavy atom. The van der Waals surface area contributed by atoms with Crippen molar-refractivity contribution < 1.29 is 9.21 Å². The summed E-state index contributed by atoms with van der Waals surface area (Å²) in [5.41, 5.74) is 1.22. The van der Waals surface area contributed by atoms with Gasteiger partial charge in [0.2, 0.25) is 11.8 Å². The van der Waals surface area contributed by atoms with Crippen molar-refractivity contribution in [2.75, 3.05) is 0 Å². The van der Waals surface area contributed by atoms with E-state index in [2.05, 4.69) is 30.1 Å². The van der Waals surface area contributed by atoms with Crippen LogP contribution in [-0.4, -0.2) is 16.0 Å². The minimum Gasteiger partial charge on any atom is -0.425 e. The van der Waals surface area contributed by atoms with Crippen molar-refractivity contribution in [2.45, 2.75) is 71.1 Å². The number of fused-ring (bicyclic) bond motifs is 3. The molecule has 5 atom stereocenters. The first-order chi connectivity index (χ1) is 12.4. The third kappa shape index (κ3) is 2.46. The molecule has 1 heterocycles. The van der Waals surface area contributed by atoms with E-state index in [4.69, 9.17) is 4.42 Å². The van der Waals surface area contributed by atoms with Crippen LogP contribution in [0.4, 0.5) is 0 Å². The fraction of sp³-hybridized carbons (Fsp3) is 0.714. The van der Waals surface area contributed by atoms with Crippen LogP contribution in [0.3, 0.4) is 0 Å². The van der Waals surface area contributed by atoms with Crippen molar-refractivity contribution in [2.24, 2.45) is 23.2 Å². The van der Waals surface area contributed by atoms with Gasteiger partial charge in [-0.05, 0) is 61.3 Å². The molecule has 1 aromatic rings. The number of nitrogens with zero attached hydrogens (tertiary/aromatic N) is 3. The summed E-state index contributed by atoms with van der Waals surface area (Å²) in [7, 11) is 0. The van der Waals surface area contributed by atoms with Crippen molar-refractivity contribution in [3.05, 3.63) is 23.4 Å². The number of allylic oxidation sites excluding steroid dienone is 2. The molecule has 5 heteroatoms. The van der Waals surface area contributed by atoms with Gasteiger partial charge in [-0.1, -0.05) is 19.4 Å². The molecule has 0 aromatic carbocycles. The predicted octanol–water partition coefficient (Wildman–Crippen LogP) is 4.28. The third-order valence-corrected chi connectivity index (χ3v) is 7.68. The fourth-order valence-electron chi connectivity index (χ4n) is 6.15. The van der Waals surface area contributed by atoms with Crippen LogP contribution in [0.2, 0.25) is 0 Å². The van der Waals surface area contributed by atoms with Gasteiger partial charge in [0.05, 0.1) is 6.07 Å². The van der Waals surface area contributed by atoms with E-state index in [0.29, 0.717) is 36.5 Å². The monoisotopic (exact) mass is 353 g/mol. The lowest BCUT2D eigenvalue weighted by atomic mass is 9.46. The largest absolute Gasteiger partial charge is 0.425 e. The van der Waals surface area contributed by atoms with Gasteiger partial charge in [-0.2, -0.15) is 5.26 Å². The summed E-state index contributed by atoms with van der Waals surface area (Å²) in [5, 5.41) is 17.9. The number of hydrogen-bond acceptors (Lipinski definition) is 5. The first-order valence-corrected chi connectivity index (χ1v) is 9.80. The summed E-state index contributed by atoms with van der Waals surface area (Å²) >= 11 is 0. The highest BCUT2D eigenvalue weighted by Gasteiger charge is 2.56. The van der Waals surface area contributed by atoms with Crippen molar-refractivity contribution in [3.63, 3.8) is 0 Å². The lowest BCUT2D eigenvalue weighted by Gasteiger charge is -2.57.